The van der Waals surface area contributed by atoms with Crippen LogP contribution in [0, 0.1) is 0 Å². The fraction of sp³-hybridized carbons (Fsp3) is 0.0833. The van der Waals surface area contributed by atoms with Gasteiger partial charge in [-0.1, -0.05) is 35.5 Å². The molecule has 0 fully saturated rings. The van der Waals surface area contributed by atoms with Crippen molar-refractivity contribution in [2.45, 2.75) is 10.3 Å². The molecule has 1 unspecified atom stereocenters. The van der Waals surface area contributed by atoms with Gasteiger partial charge >= 0.3 is 0 Å². The molecule has 0 aliphatic rings. The monoisotopic (exact) mass is 389 g/mol. The Bertz CT molecular complexity index is 744. The van der Waals surface area contributed by atoms with Crippen molar-refractivity contribution < 1.29 is 13.6 Å². The van der Waals surface area contributed by atoms with E-state index < -0.39 is 16.1 Å². The number of hydrogen-bond donors (Lipinski definition) is 3. The summed E-state index contributed by atoms with van der Waals surface area (Å²) in [6.45, 7) is 0. The molecule has 0 saturated carbocycles. The molecule has 6 nitrogen and oxygen atoms in total. The Hall–Kier alpha value is -1.42. The van der Waals surface area contributed by atoms with Gasteiger partial charge in [-0.05, 0) is 32.9 Å². The Morgan fingerprint density at radius 2 is 2.00 bits per heavy atom. The third-order valence-electron chi connectivity index (χ3n) is 2.65. The van der Waals surface area contributed by atoms with Gasteiger partial charge in [-0.2, -0.15) is 4.72 Å². The summed E-state index contributed by atoms with van der Waals surface area (Å²) < 4.78 is 27.8. The van der Waals surface area contributed by atoms with Gasteiger partial charge < -0.3 is 10.9 Å². The lowest BCUT2D eigenvalue weighted by atomic mass is 10.1. The number of amidine groups is 1. The largest absolute Gasteiger partial charge is 0.409 e. The molecule has 2 rings (SSSR count). The Morgan fingerprint density at radius 1 is 1.33 bits per heavy atom. The van der Waals surface area contributed by atoms with Crippen LogP contribution in [-0.2, 0) is 10.0 Å². The first-order valence-corrected chi connectivity index (χ1v) is 8.89. The van der Waals surface area contributed by atoms with Gasteiger partial charge in [0.15, 0.2) is 5.84 Å². The molecule has 0 saturated heterocycles. The van der Waals surface area contributed by atoms with Gasteiger partial charge in [-0.15, -0.1) is 11.3 Å². The minimum absolute atomic E-state index is 0.133. The van der Waals surface area contributed by atoms with Crippen LogP contribution in [0.4, 0.5) is 0 Å². The number of sulfonamides is 1. The minimum atomic E-state index is -3.80. The highest BCUT2D eigenvalue weighted by Gasteiger charge is 2.27. The summed E-state index contributed by atoms with van der Waals surface area (Å²) in [6.07, 6.45) is 0. The third kappa shape index (κ3) is 3.62. The fourth-order valence-corrected chi connectivity index (χ4v) is 5.23. The maximum atomic E-state index is 12.4. The molecule has 112 valence electrons. The first-order chi connectivity index (χ1) is 9.95. The summed E-state index contributed by atoms with van der Waals surface area (Å²) >= 11 is 4.26. The molecule has 1 atom stereocenters. The van der Waals surface area contributed by atoms with Crippen LogP contribution >= 0.6 is 27.3 Å². The number of nitrogens with two attached hydrogens (primary N) is 1. The molecular weight excluding hydrogens is 378 g/mol. The maximum Gasteiger partial charge on any atom is 0.252 e. The Morgan fingerprint density at radius 3 is 2.52 bits per heavy atom. The van der Waals surface area contributed by atoms with Crippen LogP contribution in [0.3, 0.4) is 0 Å². The molecule has 0 amide bonds. The quantitative estimate of drug-likeness (QED) is 0.315. The molecule has 1 aromatic carbocycles. The van der Waals surface area contributed by atoms with Gasteiger partial charge in [0.1, 0.15) is 10.3 Å². The molecule has 1 aromatic heterocycles. The summed E-state index contributed by atoms with van der Waals surface area (Å²) in [5, 5.41) is 13.4. The summed E-state index contributed by atoms with van der Waals surface area (Å²) in [6, 6.07) is 9.33. The number of thiophene rings is 1. The van der Waals surface area contributed by atoms with Crippen LogP contribution in [0.15, 0.2) is 55.6 Å². The number of nitrogens with zero attached hydrogens (tertiary/aromatic N) is 1. The first-order valence-electron chi connectivity index (χ1n) is 5.73. The molecule has 9 heteroatoms. The molecule has 0 bridgehead atoms. The lowest BCUT2D eigenvalue weighted by molar-refractivity contribution is 0.315. The lowest BCUT2D eigenvalue weighted by Gasteiger charge is -2.17. The Kier molecular flexibility index (Phi) is 4.99. The van der Waals surface area contributed by atoms with Gasteiger partial charge in [0.25, 0.3) is 10.0 Å². The van der Waals surface area contributed by atoms with Gasteiger partial charge in [0, 0.05) is 4.47 Å². The van der Waals surface area contributed by atoms with E-state index in [1.165, 1.54) is 0 Å². The predicted molar refractivity (Wildman–Crippen MR) is 84.9 cm³/mol. The predicted octanol–water partition coefficient (Wildman–Crippen LogP) is 2.28. The van der Waals surface area contributed by atoms with Crippen LogP contribution in [0.1, 0.15) is 11.6 Å². The van der Waals surface area contributed by atoms with Gasteiger partial charge in [0.2, 0.25) is 0 Å². The second kappa shape index (κ2) is 6.56. The van der Waals surface area contributed by atoms with Gasteiger partial charge in [-0.25, -0.2) is 8.42 Å². The van der Waals surface area contributed by atoms with E-state index in [9.17, 15) is 8.42 Å². The van der Waals surface area contributed by atoms with Crippen molar-refractivity contribution in [3.05, 3.63) is 51.8 Å². The second-order valence-electron chi connectivity index (χ2n) is 4.05. The molecule has 1 heterocycles. The van der Waals surface area contributed by atoms with Gasteiger partial charge in [0.05, 0.1) is 0 Å². The number of hydrogen-bond acceptors (Lipinski definition) is 5. The number of benzene rings is 1. The van der Waals surface area contributed by atoms with E-state index in [4.69, 9.17) is 10.9 Å². The van der Waals surface area contributed by atoms with E-state index in [-0.39, 0.29) is 10.0 Å². The van der Waals surface area contributed by atoms with Crippen LogP contribution in [0.25, 0.3) is 0 Å². The van der Waals surface area contributed by atoms with E-state index in [1.54, 1.807) is 41.8 Å². The van der Waals surface area contributed by atoms with Crippen molar-refractivity contribution in [1.29, 1.82) is 0 Å². The van der Waals surface area contributed by atoms with Crippen molar-refractivity contribution in [2.24, 2.45) is 10.9 Å². The van der Waals surface area contributed by atoms with Crippen molar-refractivity contribution in [2.75, 3.05) is 0 Å². The molecule has 4 N–H and O–H groups in total. The second-order valence-corrected chi connectivity index (χ2v) is 7.73. The van der Waals surface area contributed by atoms with E-state index in [1.807, 2.05) is 0 Å². The van der Waals surface area contributed by atoms with Crippen molar-refractivity contribution in [1.82, 2.24) is 4.72 Å². The fourth-order valence-electron chi connectivity index (χ4n) is 1.68. The highest BCUT2D eigenvalue weighted by Crippen LogP contribution is 2.28. The van der Waals surface area contributed by atoms with Crippen LogP contribution in [-0.4, -0.2) is 19.5 Å². The molecule has 0 aliphatic carbocycles. The number of oxime groups is 1. The average molecular weight is 390 g/mol. The van der Waals surface area contributed by atoms with E-state index in [0.717, 1.165) is 11.3 Å². The molecule has 0 radical (unpaired) electrons. The van der Waals surface area contributed by atoms with Crippen LogP contribution < -0.4 is 10.5 Å². The highest BCUT2D eigenvalue weighted by atomic mass is 79.9. The number of halogens is 1. The highest BCUT2D eigenvalue weighted by molar-refractivity contribution is 9.10. The molecule has 0 aliphatic heterocycles. The van der Waals surface area contributed by atoms with Crippen LogP contribution in [0.5, 0.6) is 0 Å². The normalized spacial score (nSPS) is 14.0. The summed E-state index contributed by atoms with van der Waals surface area (Å²) in [5.41, 5.74) is 6.19. The van der Waals surface area contributed by atoms with Crippen molar-refractivity contribution in [3.8, 4) is 0 Å². The average Bonchev–Trinajstić information content (AvgIpc) is 2.92. The summed E-state index contributed by atoms with van der Waals surface area (Å²) in [7, 11) is -3.80. The Balaban J connectivity index is 2.39. The maximum absolute atomic E-state index is 12.4. The Labute approximate surface area is 134 Å². The molecule has 2 aromatic rings. The zero-order valence-corrected chi connectivity index (χ0v) is 13.8. The summed E-state index contributed by atoms with van der Waals surface area (Å²) in [4.78, 5) is 0. The van der Waals surface area contributed by atoms with Gasteiger partial charge in [-0.3, -0.25) is 0 Å². The van der Waals surface area contributed by atoms with Crippen molar-refractivity contribution in [3.63, 3.8) is 0 Å². The third-order valence-corrected chi connectivity index (χ3v) is 6.74. The van der Waals surface area contributed by atoms with E-state index in [2.05, 4.69) is 25.8 Å². The number of rotatable bonds is 5. The molecule has 0 spiro atoms. The SMILES string of the molecule is NC(=NO)C(NS(=O)(=O)c1sccc1Br)c1ccccc1. The molecule has 21 heavy (non-hydrogen) atoms. The molecular formula is C12H12BrN3O3S2. The first kappa shape index (κ1) is 16.0. The smallest absolute Gasteiger partial charge is 0.252 e. The minimum Gasteiger partial charge on any atom is -0.409 e. The van der Waals surface area contributed by atoms with E-state index in [0.29, 0.717) is 10.0 Å². The zero-order chi connectivity index (χ0) is 15.5. The van der Waals surface area contributed by atoms with Crippen LogP contribution in [0.2, 0.25) is 0 Å². The topological polar surface area (TPSA) is 105 Å². The van der Waals surface area contributed by atoms with E-state index >= 15 is 0 Å². The lowest BCUT2D eigenvalue weighted by Crippen LogP contribution is -2.37. The van der Waals surface area contributed by atoms with Crippen molar-refractivity contribution >= 4 is 43.1 Å². The number of nitrogens with one attached hydrogen (secondary N) is 1. The standard InChI is InChI=1S/C12H12BrN3O3S2/c13-9-6-7-20-12(9)21(18,19)16-10(11(14)15-17)8-4-2-1-3-5-8/h1-7,10,16-17H,(H2,14,15). The summed E-state index contributed by atoms with van der Waals surface area (Å²) in [5.74, 6) is -0.238. The zero-order valence-electron chi connectivity index (χ0n) is 10.6.